The third-order valence-electron chi connectivity index (χ3n) is 6.88. The van der Waals surface area contributed by atoms with E-state index in [0.29, 0.717) is 17.9 Å². The molecule has 2 aromatic rings. The number of thiophene rings is 1. The molecule has 2 aliphatic rings. The summed E-state index contributed by atoms with van der Waals surface area (Å²) in [6.45, 7) is 5.68. The van der Waals surface area contributed by atoms with E-state index in [9.17, 15) is 4.79 Å². The van der Waals surface area contributed by atoms with Crippen molar-refractivity contribution in [1.82, 2.24) is 9.80 Å². The van der Waals surface area contributed by atoms with E-state index in [-0.39, 0.29) is 5.91 Å². The molecule has 5 heteroatoms. The fourth-order valence-corrected chi connectivity index (χ4v) is 6.01. The molecule has 1 saturated carbocycles. The standard InChI is InChI=1S/C25H34N2O2S/c1-19(28)27(23-8-4-3-5-9-23)16-22-15-26(14-20-11-12-30-18-20)17-25(22)21-7-6-10-24(13-21)29-2/h6-7,10-13,18,22-23,25H,3-5,8-9,14-17H2,1-2H3. The van der Waals surface area contributed by atoms with Crippen molar-refractivity contribution < 1.29 is 9.53 Å². The molecule has 2 atom stereocenters. The Morgan fingerprint density at radius 2 is 2.03 bits per heavy atom. The molecule has 2 heterocycles. The van der Waals surface area contributed by atoms with Crippen LogP contribution in [0.5, 0.6) is 5.75 Å². The van der Waals surface area contributed by atoms with Gasteiger partial charge in [0.05, 0.1) is 7.11 Å². The van der Waals surface area contributed by atoms with Gasteiger partial charge in [0, 0.05) is 45.1 Å². The summed E-state index contributed by atoms with van der Waals surface area (Å²) >= 11 is 1.76. The number of amides is 1. The smallest absolute Gasteiger partial charge is 0.219 e. The van der Waals surface area contributed by atoms with Gasteiger partial charge in [0.2, 0.25) is 5.91 Å². The van der Waals surface area contributed by atoms with E-state index >= 15 is 0 Å². The van der Waals surface area contributed by atoms with E-state index < -0.39 is 0 Å². The van der Waals surface area contributed by atoms with Crippen LogP contribution in [0, 0.1) is 5.92 Å². The average molecular weight is 427 g/mol. The van der Waals surface area contributed by atoms with Crippen molar-refractivity contribution in [3.8, 4) is 5.75 Å². The summed E-state index contributed by atoms with van der Waals surface area (Å²) < 4.78 is 5.50. The van der Waals surface area contributed by atoms with Gasteiger partial charge in [0.1, 0.15) is 5.75 Å². The van der Waals surface area contributed by atoms with E-state index in [2.05, 4.69) is 44.8 Å². The zero-order valence-corrected chi connectivity index (χ0v) is 19.1. The van der Waals surface area contributed by atoms with Crippen LogP contribution in [0.25, 0.3) is 0 Å². The molecule has 0 spiro atoms. The van der Waals surface area contributed by atoms with Gasteiger partial charge >= 0.3 is 0 Å². The first-order chi connectivity index (χ1) is 14.6. The Morgan fingerprint density at radius 1 is 1.20 bits per heavy atom. The van der Waals surface area contributed by atoms with Crippen LogP contribution < -0.4 is 4.74 Å². The van der Waals surface area contributed by atoms with Crippen molar-refractivity contribution in [2.75, 3.05) is 26.7 Å². The lowest BCUT2D eigenvalue weighted by atomic mass is 9.87. The Morgan fingerprint density at radius 3 is 2.73 bits per heavy atom. The van der Waals surface area contributed by atoms with Gasteiger partial charge in [-0.3, -0.25) is 9.69 Å². The largest absolute Gasteiger partial charge is 0.497 e. The summed E-state index contributed by atoms with van der Waals surface area (Å²) in [5.41, 5.74) is 2.72. The number of likely N-dealkylation sites (tertiary alicyclic amines) is 1. The van der Waals surface area contributed by atoms with E-state index in [1.807, 2.05) is 6.07 Å². The molecule has 1 saturated heterocycles. The molecule has 30 heavy (non-hydrogen) atoms. The quantitative estimate of drug-likeness (QED) is 0.613. The maximum absolute atomic E-state index is 12.6. The Bertz CT molecular complexity index is 816. The molecule has 1 aliphatic carbocycles. The Labute approximate surface area is 184 Å². The van der Waals surface area contributed by atoms with Gasteiger partial charge in [-0.2, -0.15) is 11.3 Å². The van der Waals surface area contributed by atoms with Gasteiger partial charge < -0.3 is 9.64 Å². The number of hydrogen-bond donors (Lipinski definition) is 0. The average Bonchev–Trinajstić information content (AvgIpc) is 3.42. The molecule has 0 radical (unpaired) electrons. The highest BCUT2D eigenvalue weighted by Crippen LogP contribution is 2.36. The van der Waals surface area contributed by atoms with Crippen LogP contribution in [0.1, 0.15) is 56.1 Å². The summed E-state index contributed by atoms with van der Waals surface area (Å²) in [7, 11) is 1.73. The van der Waals surface area contributed by atoms with Crippen LogP contribution in [-0.2, 0) is 11.3 Å². The minimum Gasteiger partial charge on any atom is -0.497 e. The maximum atomic E-state index is 12.6. The third-order valence-corrected chi connectivity index (χ3v) is 7.61. The van der Waals surface area contributed by atoms with Crippen molar-refractivity contribution in [2.24, 2.45) is 5.92 Å². The summed E-state index contributed by atoms with van der Waals surface area (Å²) in [4.78, 5) is 17.4. The van der Waals surface area contributed by atoms with Gasteiger partial charge in [-0.1, -0.05) is 31.4 Å². The predicted molar refractivity (Wildman–Crippen MR) is 123 cm³/mol. The molecule has 1 aromatic heterocycles. The molecule has 4 nitrogen and oxygen atoms in total. The van der Waals surface area contributed by atoms with Crippen LogP contribution in [-0.4, -0.2) is 48.5 Å². The van der Waals surface area contributed by atoms with Gasteiger partial charge in [-0.15, -0.1) is 0 Å². The van der Waals surface area contributed by atoms with E-state index in [1.165, 1.54) is 30.4 Å². The molecule has 1 aromatic carbocycles. The second-order valence-electron chi connectivity index (χ2n) is 8.93. The number of rotatable bonds is 7. The summed E-state index contributed by atoms with van der Waals surface area (Å²) in [5.74, 6) is 2.02. The van der Waals surface area contributed by atoms with Crippen LogP contribution in [0.2, 0.25) is 0 Å². The van der Waals surface area contributed by atoms with Gasteiger partial charge in [0.15, 0.2) is 0 Å². The van der Waals surface area contributed by atoms with E-state index in [4.69, 9.17) is 4.74 Å². The topological polar surface area (TPSA) is 32.8 Å². The Balaban J connectivity index is 1.55. The van der Waals surface area contributed by atoms with Crippen molar-refractivity contribution in [1.29, 1.82) is 0 Å². The van der Waals surface area contributed by atoms with E-state index in [1.54, 1.807) is 25.4 Å². The first-order valence-corrected chi connectivity index (χ1v) is 12.2. The first-order valence-electron chi connectivity index (χ1n) is 11.3. The number of hydrogen-bond acceptors (Lipinski definition) is 4. The lowest BCUT2D eigenvalue weighted by Crippen LogP contribution is -2.44. The SMILES string of the molecule is COc1cccc(C2CN(Cc3ccsc3)CC2CN(C(C)=O)C2CCCCC2)c1. The minimum absolute atomic E-state index is 0.238. The molecule has 4 rings (SSSR count). The number of carbonyl (C=O) groups excluding carboxylic acids is 1. The first kappa shape index (κ1) is 21.4. The summed E-state index contributed by atoms with van der Waals surface area (Å²) in [5, 5.41) is 4.40. The van der Waals surface area contributed by atoms with Gasteiger partial charge in [-0.25, -0.2) is 0 Å². The zero-order valence-electron chi connectivity index (χ0n) is 18.3. The Kier molecular flexibility index (Phi) is 7.11. The molecule has 0 N–H and O–H groups in total. The van der Waals surface area contributed by atoms with Gasteiger partial charge in [0.25, 0.3) is 0 Å². The van der Waals surface area contributed by atoms with E-state index in [0.717, 1.165) is 44.8 Å². The molecule has 1 amide bonds. The highest BCUT2D eigenvalue weighted by molar-refractivity contribution is 7.07. The van der Waals surface area contributed by atoms with Crippen molar-refractivity contribution in [3.63, 3.8) is 0 Å². The Hall–Kier alpha value is -1.85. The molecule has 0 bridgehead atoms. The summed E-state index contributed by atoms with van der Waals surface area (Å²) in [6, 6.07) is 11.2. The van der Waals surface area contributed by atoms with Crippen LogP contribution >= 0.6 is 11.3 Å². The number of methoxy groups -OCH3 is 1. The fourth-order valence-electron chi connectivity index (χ4n) is 5.35. The lowest BCUT2D eigenvalue weighted by Gasteiger charge is -2.36. The fraction of sp³-hybridized carbons (Fsp3) is 0.560. The number of ether oxygens (including phenoxy) is 1. The minimum atomic E-state index is 0.238. The van der Waals surface area contributed by atoms with Crippen LogP contribution in [0.15, 0.2) is 41.1 Å². The van der Waals surface area contributed by atoms with Crippen molar-refractivity contribution in [3.05, 3.63) is 52.2 Å². The second-order valence-corrected chi connectivity index (χ2v) is 9.71. The maximum Gasteiger partial charge on any atom is 0.219 e. The lowest BCUT2D eigenvalue weighted by molar-refractivity contribution is -0.132. The molecule has 2 fully saturated rings. The van der Waals surface area contributed by atoms with Crippen molar-refractivity contribution >= 4 is 17.2 Å². The number of nitrogens with zero attached hydrogens (tertiary/aromatic N) is 2. The highest BCUT2D eigenvalue weighted by atomic mass is 32.1. The zero-order chi connectivity index (χ0) is 20.9. The normalized spacial score (nSPS) is 22.9. The molecular weight excluding hydrogens is 392 g/mol. The molecule has 162 valence electrons. The summed E-state index contributed by atoms with van der Waals surface area (Å²) in [6.07, 6.45) is 6.14. The monoisotopic (exact) mass is 426 g/mol. The van der Waals surface area contributed by atoms with Crippen molar-refractivity contribution in [2.45, 2.75) is 57.5 Å². The molecule has 2 unspecified atom stereocenters. The number of benzene rings is 1. The molecule has 1 aliphatic heterocycles. The third kappa shape index (κ3) is 5.06. The predicted octanol–water partition coefficient (Wildman–Crippen LogP) is 5.15. The number of carbonyl (C=O) groups is 1. The van der Waals surface area contributed by atoms with Crippen LogP contribution in [0.3, 0.4) is 0 Å². The molecular formula is C25H34N2O2S. The van der Waals surface area contributed by atoms with Gasteiger partial charge in [-0.05, 0) is 58.8 Å². The van der Waals surface area contributed by atoms with Crippen LogP contribution in [0.4, 0.5) is 0 Å². The highest BCUT2D eigenvalue weighted by Gasteiger charge is 2.37. The second kappa shape index (κ2) is 9.97.